The van der Waals surface area contributed by atoms with E-state index < -0.39 is 83.5 Å². The lowest BCUT2D eigenvalue weighted by Crippen LogP contribution is -2.37. The fourth-order valence-electron chi connectivity index (χ4n) is 5.53. The molecule has 0 aliphatic carbocycles. The number of aliphatic hydroxyl groups excluding tert-OH is 1. The summed E-state index contributed by atoms with van der Waals surface area (Å²) in [5.74, 6) is -0.193. The van der Waals surface area contributed by atoms with E-state index in [0.29, 0.717) is 0 Å². The first-order valence-corrected chi connectivity index (χ1v) is 16.3. The van der Waals surface area contributed by atoms with Crippen LogP contribution in [-0.2, 0) is 41.4 Å². The summed E-state index contributed by atoms with van der Waals surface area (Å²) in [5, 5.41) is 11.1. The Morgan fingerprint density at radius 3 is 2.26 bits per heavy atom. The number of nitrogens with one attached hydrogen (secondary N) is 1. The molecule has 0 amide bonds. The van der Waals surface area contributed by atoms with Gasteiger partial charge in [0.25, 0.3) is 5.56 Å². The Hall–Kier alpha value is -3.44. The lowest BCUT2D eigenvalue weighted by Gasteiger charge is -2.26. The fraction of sp³-hybridized carbons (Fsp3) is 0.524. The summed E-state index contributed by atoms with van der Waals surface area (Å²) in [6, 6.07) is 0. The number of nitrogen functional groups attached to an aromatic ring is 2. The van der Waals surface area contributed by atoms with Crippen molar-refractivity contribution in [1.29, 1.82) is 0 Å². The number of phosphoric ester groups is 2. The summed E-state index contributed by atoms with van der Waals surface area (Å²) in [6.45, 7) is -1.52. The maximum absolute atomic E-state index is 13.3. The van der Waals surface area contributed by atoms with Gasteiger partial charge >= 0.3 is 15.6 Å². The van der Waals surface area contributed by atoms with E-state index in [0.717, 1.165) is 10.9 Å². The van der Waals surface area contributed by atoms with E-state index >= 15 is 0 Å². The minimum absolute atomic E-state index is 0.0802. The first-order chi connectivity index (χ1) is 21.9. The minimum atomic E-state index is -5.08. The van der Waals surface area contributed by atoms with Crippen molar-refractivity contribution in [3.63, 3.8) is 0 Å². The van der Waals surface area contributed by atoms with Gasteiger partial charge in [-0.1, -0.05) is 0 Å². The highest BCUT2D eigenvalue weighted by Crippen LogP contribution is 2.54. The third kappa shape index (κ3) is 5.39. The van der Waals surface area contributed by atoms with Crippen LogP contribution in [0.5, 0.6) is 0 Å². The molecule has 7 heterocycles. The van der Waals surface area contributed by atoms with Crippen LogP contribution >= 0.6 is 15.6 Å². The third-order valence-electron chi connectivity index (χ3n) is 7.57. The molecule has 7 rings (SSSR count). The average Bonchev–Trinajstić information content (AvgIpc) is 3.75. The second-order valence-corrected chi connectivity index (χ2v) is 13.2. The van der Waals surface area contributed by atoms with Crippen molar-refractivity contribution in [2.75, 3.05) is 31.8 Å². The molecule has 4 aromatic rings. The van der Waals surface area contributed by atoms with Crippen LogP contribution in [0.2, 0.25) is 0 Å². The first-order valence-electron chi connectivity index (χ1n) is 13.3. The van der Waals surface area contributed by atoms with Gasteiger partial charge in [0, 0.05) is 7.11 Å². The molecule has 0 radical (unpaired) electrons. The number of hydrogen-bond acceptors (Lipinski definition) is 18. The van der Waals surface area contributed by atoms with E-state index in [2.05, 4.69) is 29.9 Å². The van der Waals surface area contributed by atoms with Gasteiger partial charge in [-0.3, -0.25) is 37.0 Å². The van der Waals surface area contributed by atoms with Gasteiger partial charge in [0.2, 0.25) is 5.95 Å². The Kier molecular flexibility index (Phi) is 7.70. The normalized spacial score (nSPS) is 37.1. The first kappa shape index (κ1) is 31.2. The second-order valence-electron chi connectivity index (χ2n) is 10.3. The number of hydrogen-bond donors (Lipinski definition) is 6. The number of ether oxygens (including phenoxy) is 3. The molecule has 0 saturated carbocycles. The number of phosphoric acid groups is 2. The highest BCUT2D eigenvalue weighted by atomic mass is 31.2. The van der Waals surface area contributed by atoms with Crippen molar-refractivity contribution in [3.05, 3.63) is 29.3 Å². The highest BCUT2D eigenvalue weighted by molar-refractivity contribution is 7.47. The average molecular weight is 688 g/mol. The summed E-state index contributed by atoms with van der Waals surface area (Å²) in [6.07, 6.45) is -7.79. The number of methoxy groups -OCH3 is 1. The summed E-state index contributed by atoms with van der Waals surface area (Å²) in [5.41, 5.74) is 11.1. The quantitative estimate of drug-likeness (QED) is 0.131. The molecule has 8 N–H and O–H groups in total. The molecule has 46 heavy (non-hydrogen) atoms. The Morgan fingerprint density at radius 2 is 1.54 bits per heavy atom. The zero-order valence-corrected chi connectivity index (χ0v) is 25.2. The number of nitrogens with two attached hydrogens (primary N) is 2. The number of imidazole rings is 2. The molecule has 0 aromatic carbocycles. The fourth-order valence-corrected chi connectivity index (χ4v) is 7.42. The predicted octanol–water partition coefficient (Wildman–Crippen LogP) is -1.69. The SMILES string of the molecule is CO[C@H]1C2OP(=O)(O)OC[C@H]3O[C@@H](n4cnc5c(=O)[nH]c(N)nc54)[C@@H](OP(=O)(O)OC[C@H]2O[C@H]1n1cnc2c(N)ncnc21)C3O. The molecule has 25 heteroatoms. The molecule has 3 fully saturated rings. The molecular weight excluding hydrogens is 662 g/mol. The minimum Gasteiger partial charge on any atom is -0.387 e. The van der Waals surface area contributed by atoms with Crippen molar-refractivity contribution in [2.45, 2.75) is 49.1 Å². The van der Waals surface area contributed by atoms with Crippen LogP contribution in [0, 0.1) is 0 Å². The Morgan fingerprint density at radius 1 is 0.913 bits per heavy atom. The molecule has 4 unspecified atom stereocenters. The third-order valence-corrected chi connectivity index (χ3v) is 9.54. The van der Waals surface area contributed by atoms with Gasteiger partial charge in [-0.2, -0.15) is 4.98 Å². The monoisotopic (exact) mass is 688 g/mol. The van der Waals surface area contributed by atoms with Crippen LogP contribution in [0.25, 0.3) is 22.3 Å². The smallest absolute Gasteiger partial charge is 0.387 e. The van der Waals surface area contributed by atoms with Crippen LogP contribution in [0.15, 0.2) is 23.8 Å². The number of aromatic nitrogens is 8. The van der Waals surface area contributed by atoms with Crippen LogP contribution < -0.4 is 17.0 Å². The Labute approximate surface area is 255 Å². The zero-order valence-electron chi connectivity index (χ0n) is 23.4. The Balaban J connectivity index is 1.22. The van der Waals surface area contributed by atoms with Crippen LogP contribution in [-0.4, -0.2) is 111 Å². The van der Waals surface area contributed by atoms with E-state index in [1.54, 1.807) is 0 Å². The molecule has 0 spiro atoms. The van der Waals surface area contributed by atoms with E-state index in [4.69, 9.17) is 43.8 Å². The Bertz CT molecular complexity index is 1950. The van der Waals surface area contributed by atoms with Crippen molar-refractivity contribution < 1.29 is 56.3 Å². The van der Waals surface area contributed by atoms with Crippen LogP contribution in [0.1, 0.15) is 12.5 Å². The van der Waals surface area contributed by atoms with Gasteiger partial charge in [0.15, 0.2) is 35.1 Å². The number of aromatic amines is 1. The molecule has 3 aliphatic rings. The van der Waals surface area contributed by atoms with E-state index in [1.165, 1.54) is 24.3 Å². The maximum atomic E-state index is 13.3. The summed E-state index contributed by atoms with van der Waals surface area (Å²) >= 11 is 0. The molecule has 10 atom stereocenters. The number of H-pyrrole nitrogens is 1. The summed E-state index contributed by atoms with van der Waals surface area (Å²) in [7, 11) is -8.80. The number of nitrogens with zero attached hydrogens (tertiary/aromatic N) is 7. The molecule has 248 valence electrons. The van der Waals surface area contributed by atoms with E-state index in [1.807, 2.05) is 0 Å². The van der Waals surface area contributed by atoms with E-state index in [9.17, 15) is 28.8 Å². The van der Waals surface area contributed by atoms with Gasteiger partial charge < -0.3 is 40.6 Å². The number of aliphatic hydroxyl groups is 1. The topological polar surface area (TPSA) is 319 Å². The molecule has 2 bridgehead atoms. The molecule has 3 saturated heterocycles. The van der Waals surface area contributed by atoms with Gasteiger partial charge in [0.05, 0.1) is 25.9 Å². The number of rotatable bonds is 3. The predicted molar refractivity (Wildman–Crippen MR) is 148 cm³/mol. The van der Waals surface area contributed by atoms with Gasteiger partial charge in [-0.05, 0) is 0 Å². The van der Waals surface area contributed by atoms with Crippen molar-refractivity contribution in [3.8, 4) is 0 Å². The standard InChI is InChI=1S/C21H26N10O13P2/c1-38-14-12-8(42-20(14)30-5-26-9-15(22)24-4-25-16(9)30)3-40-46(36,37)44-13-11(32)7(2-39-45(34,35)43-12)41-19(13)31-6-27-10-17(31)28-21(23)29-18(10)33/h4-8,11-14,19-20,32H,2-3H2,1H3,(H,34,35)(H,36,37)(H2,22,24,25)(H3,23,28,29,33)/t7-,8-,11?,12?,13+,14+,19-,20-/m1/s1. The van der Waals surface area contributed by atoms with E-state index in [-0.39, 0.29) is 34.1 Å². The van der Waals surface area contributed by atoms with Gasteiger partial charge in [0.1, 0.15) is 48.5 Å². The molecule has 4 aromatic heterocycles. The lowest BCUT2D eigenvalue weighted by atomic mass is 10.1. The second kappa shape index (κ2) is 11.4. The largest absolute Gasteiger partial charge is 0.472 e. The van der Waals surface area contributed by atoms with Crippen LogP contribution in [0.3, 0.4) is 0 Å². The number of anilines is 2. The van der Waals surface area contributed by atoms with Gasteiger partial charge in [-0.25, -0.2) is 29.1 Å². The maximum Gasteiger partial charge on any atom is 0.472 e. The number of fused-ring (bicyclic) bond motifs is 5. The van der Waals surface area contributed by atoms with Crippen molar-refractivity contribution in [1.82, 2.24) is 39.0 Å². The van der Waals surface area contributed by atoms with Crippen molar-refractivity contribution in [2.24, 2.45) is 0 Å². The molecule has 3 aliphatic heterocycles. The highest BCUT2D eigenvalue weighted by Gasteiger charge is 2.54. The molecule has 23 nitrogen and oxygen atoms in total. The van der Waals surface area contributed by atoms with Crippen LogP contribution in [0.4, 0.5) is 11.8 Å². The summed E-state index contributed by atoms with van der Waals surface area (Å²) < 4.78 is 67.8. The van der Waals surface area contributed by atoms with Gasteiger partial charge in [-0.15, -0.1) is 0 Å². The zero-order chi connectivity index (χ0) is 32.5. The van der Waals surface area contributed by atoms with Crippen molar-refractivity contribution >= 4 is 49.7 Å². The lowest BCUT2D eigenvalue weighted by molar-refractivity contribution is -0.0675. The summed E-state index contributed by atoms with van der Waals surface area (Å²) in [4.78, 5) is 56.3. The molecular formula is C21H26N10O13P2.